The van der Waals surface area contributed by atoms with E-state index in [1.54, 1.807) is 6.92 Å². The zero-order valence-electron chi connectivity index (χ0n) is 12.6. The number of esters is 1. The van der Waals surface area contributed by atoms with Gasteiger partial charge in [0.1, 0.15) is 12.0 Å². The summed E-state index contributed by atoms with van der Waals surface area (Å²) in [5.74, 6) is -0.856. The van der Waals surface area contributed by atoms with Crippen LogP contribution in [0.5, 0.6) is 0 Å². The third-order valence-electron chi connectivity index (χ3n) is 5.17. The van der Waals surface area contributed by atoms with Crippen LogP contribution >= 0.6 is 0 Å². The molecule has 0 unspecified atom stereocenters. The highest BCUT2D eigenvalue weighted by Gasteiger charge is 2.65. The third-order valence-corrected chi connectivity index (χ3v) is 6.46. The Hall–Kier alpha value is -1.24. The van der Waals surface area contributed by atoms with Gasteiger partial charge in [-0.15, -0.1) is 0 Å². The van der Waals surface area contributed by atoms with E-state index in [-0.39, 0.29) is 29.5 Å². The molecule has 2 aliphatic carbocycles. The molecule has 0 radical (unpaired) electrons. The molecule has 0 spiro atoms. The number of rotatable bonds is 5. The maximum absolute atomic E-state index is 12.3. The highest BCUT2D eigenvalue weighted by atomic mass is 32.2. The maximum Gasteiger partial charge on any atom is 0.350 e. The maximum atomic E-state index is 12.3. The minimum atomic E-state index is -3.88. The summed E-state index contributed by atoms with van der Waals surface area (Å²) >= 11 is 0. The summed E-state index contributed by atoms with van der Waals surface area (Å²) in [5.41, 5.74) is -1.20. The van der Waals surface area contributed by atoms with E-state index in [9.17, 15) is 18.0 Å². The van der Waals surface area contributed by atoms with Crippen LogP contribution in [0.15, 0.2) is 4.40 Å². The molecule has 2 saturated carbocycles. The van der Waals surface area contributed by atoms with E-state index in [0.717, 1.165) is 6.42 Å². The normalized spacial score (nSPS) is 31.0. The first-order valence-corrected chi connectivity index (χ1v) is 8.73. The van der Waals surface area contributed by atoms with Gasteiger partial charge < -0.3 is 4.74 Å². The zero-order valence-corrected chi connectivity index (χ0v) is 13.4. The Morgan fingerprint density at radius 1 is 1.48 bits per heavy atom. The summed E-state index contributed by atoms with van der Waals surface area (Å²) in [6.07, 6.45) is 2.58. The molecule has 6 nitrogen and oxygen atoms in total. The van der Waals surface area contributed by atoms with Crippen LogP contribution < -0.4 is 0 Å². The summed E-state index contributed by atoms with van der Waals surface area (Å²) in [4.78, 5) is 23.5. The second-order valence-corrected chi connectivity index (χ2v) is 8.04. The molecule has 0 heterocycles. The fraction of sp³-hybridized carbons (Fsp3) is 0.786. The fourth-order valence-corrected chi connectivity index (χ4v) is 5.38. The molecule has 0 aromatic carbocycles. The van der Waals surface area contributed by atoms with Crippen LogP contribution in [0.4, 0.5) is 0 Å². The highest BCUT2D eigenvalue weighted by molar-refractivity contribution is 7.90. The van der Waals surface area contributed by atoms with E-state index in [0.29, 0.717) is 19.1 Å². The Kier molecular flexibility index (Phi) is 3.99. The van der Waals surface area contributed by atoms with Crippen LogP contribution in [-0.4, -0.2) is 38.7 Å². The predicted molar refractivity (Wildman–Crippen MR) is 77.5 cm³/mol. The Morgan fingerprint density at radius 3 is 2.62 bits per heavy atom. The van der Waals surface area contributed by atoms with Gasteiger partial charge in [-0.3, -0.25) is 4.79 Å². The van der Waals surface area contributed by atoms with Gasteiger partial charge in [0.25, 0.3) is 10.0 Å². The lowest BCUT2D eigenvalue weighted by atomic mass is 9.70. The first kappa shape index (κ1) is 16.1. The molecule has 21 heavy (non-hydrogen) atoms. The smallest absolute Gasteiger partial charge is 0.350 e. The monoisotopic (exact) mass is 315 g/mol. The number of nitrogens with zero attached hydrogens (tertiary/aromatic N) is 1. The SMILES string of the molecule is CCOC(=O)/C=N/S(=O)(=O)C[C@@]12CC[C@H](CC1=O)C2(C)C. The second kappa shape index (κ2) is 5.19. The van der Waals surface area contributed by atoms with Crippen LogP contribution in [-0.2, 0) is 24.3 Å². The van der Waals surface area contributed by atoms with Gasteiger partial charge in [-0.25, -0.2) is 13.2 Å². The molecular weight excluding hydrogens is 294 g/mol. The molecule has 2 bridgehead atoms. The number of carbonyl (C=O) groups is 2. The van der Waals surface area contributed by atoms with Crippen LogP contribution in [0.3, 0.4) is 0 Å². The molecule has 0 aliphatic heterocycles. The van der Waals surface area contributed by atoms with Gasteiger partial charge in [-0.1, -0.05) is 13.8 Å². The van der Waals surface area contributed by atoms with Crippen molar-refractivity contribution in [2.45, 2.75) is 40.0 Å². The van der Waals surface area contributed by atoms with Crippen molar-refractivity contribution in [3.8, 4) is 0 Å². The van der Waals surface area contributed by atoms with E-state index in [2.05, 4.69) is 9.13 Å². The molecule has 2 aliphatic rings. The molecular formula is C14H21NO5S. The summed E-state index contributed by atoms with van der Waals surface area (Å²) < 4.78 is 32.3. The number of carbonyl (C=O) groups excluding carboxylic acids is 2. The minimum Gasteiger partial charge on any atom is -0.462 e. The lowest BCUT2D eigenvalue weighted by molar-refractivity contribution is -0.134. The number of Topliss-reactive ketones (excluding diaryl/α,β-unsaturated/α-hetero) is 1. The lowest BCUT2D eigenvalue weighted by Crippen LogP contribution is -2.41. The van der Waals surface area contributed by atoms with Crippen molar-refractivity contribution in [2.75, 3.05) is 12.4 Å². The number of fused-ring (bicyclic) bond motifs is 2. The Bertz CT molecular complexity index is 592. The molecule has 2 rings (SSSR count). The predicted octanol–water partition coefficient (Wildman–Crippen LogP) is 1.35. The van der Waals surface area contributed by atoms with Crippen molar-refractivity contribution in [2.24, 2.45) is 21.1 Å². The molecule has 118 valence electrons. The van der Waals surface area contributed by atoms with E-state index in [4.69, 9.17) is 0 Å². The van der Waals surface area contributed by atoms with Crippen molar-refractivity contribution in [3.63, 3.8) is 0 Å². The van der Waals surface area contributed by atoms with Gasteiger partial charge >= 0.3 is 5.97 Å². The van der Waals surface area contributed by atoms with Crippen molar-refractivity contribution < 1.29 is 22.7 Å². The van der Waals surface area contributed by atoms with Gasteiger partial charge in [-0.2, -0.15) is 4.40 Å². The van der Waals surface area contributed by atoms with Crippen molar-refractivity contribution in [1.29, 1.82) is 0 Å². The van der Waals surface area contributed by atoms with Crippen molar-refractivity contribution in [3.05, 3.63) is 0 Å². The Balaban J connectivity index is 2.20. The topological polar surface area (TPSA) is 89.9 Å². The summed E-state index contributed by atoms with van der Waals surface area (Å²) in [5, 5.41) is 0. The Labute approximate surface area is 125 Å². The average Bonchev–Trinajstić information content (AvgIpc) is 2.70. The van der Waals surface area contributed by atoms with Crippen molar-refractivity contribution in [1.82, 2.24) is 0 Å². The average molecular weight is 315 g/mol. The van der Waals surface area contributed by atoms with Crippen LogP contribution in [0.1, 0.15) is 40.0 Å². The summed E-state index contributed by atoms with van der Waals surface area (Å²) in [6, 6.07) is 0. The molecule has 7 heteroatoms. The summed E-state index contributed by atoms with van der Waals surface area (Å²) in [7, 11) is -3.88. The number of hydrogen-bond donors (Lipinski definition) is 0. The van der Waals surface area contributed by atoms with E-state index in [1.165, 1.54) is 0 Å². The zero-order chi connectivity index (χ0) is 15.9. The molecule has 0 saturated heterocycles. The highest BCUT2D eigenvalue weighted by Crippen LogP contribution is 2.64. The minimum absolute atomic E-state index is 0.0126. The number of ether oxygens (including phenoxy) is 1. The third kappa shape index (κ3) is 2.63. The first-order valence-electron chi connectivity index (χ1n) is 7.13. The molecule has 0 N–H and O–H groups in total. The molecule has 0 aromatic heterocycles. The van der Waals surface area contributed by atoms with Crippen molar-refractivity contribution >= 4 is 28.0 Å². The second-order valence-electron chi connectivity index (χ2n) is 6.38. The molecule has 0 aromatic rings. The molecule has 2 atom stereocenters. The first-order chi connectivity index (χ1) is 9.64. The van der Waals surface area contributed by atoms with Gasteiger partial charge in [0.05, 0.1) is 17.8 Å². The quantitative estimate of drug-likeness (QED) is 0.564. The molecule has 2 fully saturated rings. The summed E-state index contributed by atoms with van der Waals surface area (Å²) in [6.45, 7) is 5.69. The Morgan fingerprint density at radius 2 is 2.14 bits per heavy atom. The fourth-order valence-electron chi connectivity index (χ4n) is 3.76. The number of ketones is 1. The number of sulfonamides is 1. The van der Waals surface area contributed by atoms with Gasteiger partial charge in [0.15, 0.2) is 0 Å². The van der Waals surface area contributed by atoms with E-state index in [1.807, 2.05) is 13.8 Å². The van der Waals surface area contributed by atoms with Gasteiger partial charge in [0, 0.05) is 6.42 Å². The largest absolute Gasteiger partial charge is 0.462 e. The van der Waals surface area contributed by atoms with Crippen LogP contribution in [0.25, 0.3) is 0 Å². The number of hydrogen-bond acceptors (Lipinski definition) is 5. The van der Waals surface area contributed by atoms with Gasteiger partial charge in [-0.05, 0) is 31.1 Å². The van der Waals surface area contributed by atoms with Gasteiger partial charge in [0.2, 0.25) is 0 Å². The van der Waals surface area contributed by atoms with E-state index >= 15 is 0 Å². The van der Waals surface area contributed by atoms with E-state index < -0.39 is 21.4 Å². The van der Waals surface area contributed by atoms with Crippen LogP contribution in [0, 0.1) is 16.7 Å². The lowest BCUT2D eigenvalue weighted by Gasteiger charge is -2.35. The standard InChI is InChI=1S/C14H21NO5S/c1-4-20-12(17)8-15-21(18,19)9-14-6-5-10(7-11(14)16)13(14,2)3/h8,10H,4-7,9H2,1-3H3/b15-8+/t10-,14+/m1/s1. The molecule has 0 amide bonds. The van der Waals surface area contributed by atoms with Crippen LogP contribution in [0.2, 0.25) is 0 Å².